The maximum absolute atomic E-state index is 10.4. The molecule has 0 radical (unpaired) electrons. The van der Waals surface area contributed by atoms with Gasteiger partial charge in [-0.15, -0.1) is 5.10 Å². The third kappa shape index (κ3) is 7.65. The van der Waals surface area contributed by atoms with Crippen LogP contribution in [-0.2, 0) is 16.1 Å². The molecule has 11 rings (SSSR count). The van der Waals surface area contributed by atoms with Gasteiger partial charge in [0, 0.05) is 44.3 Å². The second-order valence-electron chi connectivity index (χ2n) is 16.3. The third-order valence-electron chi connectivity index (χ3n) is 12.1. The van der Waals surface area contributed by atoms with Gasteiger partial charge in [-0.1, -0.05) is 108 Å². The van der Waals surface area contributed by atoms with Gasteiger partial charge in [0.2, 0.25) is 0 Å². The first-order valence-electron chi connectivity index (χ1n) is 21.7. The summed E-state index contributed by atoms with van der Waals surface area (Å²) in [5, 5.41) is 48.9. The van der Waals surface area contributed by atoms with Crippen molar-refractivity contribution in [1.29, 1.82) is 0 Å². The van der Waals surface area contributed by atoms with Crippen LogP contribution in [0.1, 0.15) is 28.5 Å². The highest BCUT2D eigenvalue weighted by atomic mass is 16.7. The van der Waals surface area contributed by atoms with Gasteiger partial charge in [-0.05, 0) is 83.0 Å². The molecule has 326 valence electrons. The zero-order valence-electron chi connectivity index (χ0n) is 35.3. The standard InChI is InChI=1S/C53H43N7O6/c61-29-45-50(62)51(63)52(64)53(66-45)65-30-35-28-60(59-58-35)36-18-16-34(17-19-36)49-43-26-24-41(56-43)47(32-12-6-2-7-13-32)39-22-20-37(54-39)46(31-10-4-1-5-11-31)38-21-23-40(55-38)48(33-14-8-3-9-15-33)42-25-27-44(49)57-42/h1-28,45,50-54,57,61-64H,29-30H2/t45-,50-,51+,52+,53?/m1/s1. The van der Waals surface area contributed by atoms with Gasteiger partial charge in [0.1, 0.15) is 30.1 Å². The second kappa shape index (κ2) is 17.4. The molecule has 0 spiro atoms. The Labute approximate surface area is 378 Å². The van der Waals surface area contributed by atoms with Crippen molar-refractivity contribution in [3.8, 4) is 50.2 Å². The average Bonchev–Trinajstić information content (AvgIpc) is 4.23. The fourth-order valence-electron chi connectivity index (χ4n) is 8.88. The van der Waals surface area contributed by atoms with Gasteiger partial charge in [0.05, 0.1) is 47.9 Å². The summed E-state index contributed by atoms with van der Waals surface area (Å²) in [6, 6.07) is 47.4. The molecule has 66 heavy (non-hydrogen) atoms. The highest BCUT2D eigenvalue weighted by molar-refractivity contribution is 5.99. The van der Waals surface area contributed by atoms with E-state index in [1.807, 2.05) is 66.7 Å². The molecule has 1 unspecified atom stereocenters. The summed E-state index contributed by atoms with van der Waals surface area (Å²) in [5.41, 5.74) is 15.8. The number of hydrogen-bond donors (Lipinski definition) is 6. The van der Waals surface area contributed by atoms with Crippen molar-refractivity contribution in [2.75, 3.05) is 6.61 Å². The molecule has 4 aromatic heterocycles. The quantitative estimate of drug-likeness (QED) is 0.0825. The van der Waals surface area contributed by atoms with E-state index in [1.54, 1.807) is 10.9 Å². The Kier molecular flexibility index (Phi) is 10.8. The Morgan fingerprint density at radius 3 is 1.36 bits per heavy atom. The molecule has 1 fully saturated rings. The number of aliphatic hydroxyl groups excluding tert-OH is 4. The minimum atomic E-state index is -1.55. The number of hydrogen-bond acceptors (Lipinski definition) is 10. The fraction of sp³-hybridized carbons (Fsp3) is 0.132. The number of nitrogens with zero attached hydrogens (tertiary/aromatic N) is 5. The lowest BCUT2D eigenvalue weighted by Crippen LogP contribution is -2.59. The highest BCUT2D eigenvalue weighted by Crippen LogP contribution is 2.38. The van der Waals surface area contributed by atoms with Crippen molar-refractivity contribution in [3.63, 3.8) is 0 Å². The first-order chi connectivity index (χ1) is 32.4. The molecule has 0 aliphatic carbocycles. The van der Waals surface area contributed by atoms with Gasteiger partial charge in [0.15, 0.2) is 6.29 Å². The predicted molar refractivity (Wildman–Crippen MR) is 254 cm³/mol. The maximum atomic E-state index is 10.4. The molecule has 13 heteroatoms. The Bertz CT molecular complexity index is 3250. The van der Waals surface area contributed by atoms with Gasteiger partial charge >= 0.3 is 0 Å². The minimum Gasteiger partial charge on any atom is -0.394 e. The molecule has 3 aliphatic rings. The number of aromatic nitrogens is 7. The average molecular weight is 874 g/mol. The smallest absolute Gasteiger partial charge is 0.187 e. The van der Waals surface area contributed by atoms with E-state index >= 15 is 0 Å². The number of H-pyrrole nitrogens is 2. The second-order valence-corrected chi connectivity index (χ2v) is 16.3. The van der Waals surface area contributed by atoms with Crippen LogP contribution < -0.4 is 0 Å². The number of fused-ring (bicyclic) bond motifs is 8. The van der Waals surface area contributed by atoms with Gasteiger partial charge in [0.25, 0.3) is 0 Å². The largest absolute Gasteiger partial charge is 0.394 e. The first-order valence-corrected chi connectivity index (χ1v) is 21.7. The molecule has 0 amide bonds. The molecular weight excluding hydrogens is 831 g/mol. The van der Waals surface area contributed by atoms with Crippen molar-refractivity contribution < 1.29 is 29.9 Å². The van der Waals surface area contributed by atoms with E-state index in [9.17, 15) is 20.4 Å². The number of aromatic amines is 2. The monoisotopic (exact) mass is 873 g/mol. The number of nitrogens with one attached hydrogen (secondary N) is 2. The number of benzene rings is 4. The van der Waals surface area contributed by atoms with Crippen LogP contribution in [0.5, 0.6) is 0 Å². The van der Waals surface area contributed by atoms with E-state index in [2.05, 4.69) is 117 Å². The molecule has 1 saturated heterocycles. The van der Waals surface area contributed by atoms with E-state index in [0.717, 1.165) is 95.0 Å². The fourth-order valence-corrected chi connectivity index (χ4v) is 8.88. The van der Waals surface area contributed by atoms with Crippen LogP contribution in [0, 0.1) is 0 Å². The van der Waals surface area contributed by atoms with E-state index in [4.69, 9.17) is 19.4 Å². The topological polar surface area (TPSA) is 187 Å². The maximum Gasteiger partial charge on any atom is 0.187 e. The molecule has 3 aliphatic heterocycles. The van der Waals surface area contributed by atoms with E-state index in [1.165, 1.54) is 0 Å². The van der Waals surface area contributed by atoms with Crippen molar-refractivity contribution in [2.45, 2.75) is 37.3 Å². The summed E-state index contributed by atoms with van der Waals surface area (Å²) in [5.74, 6) is 0. The lowest BCUT2D eigenvalue weighted by Gasteiger charge is -2.39. The van der Waals surface area contributed by atoms with E-state index < -0.39 is 37.3 Å². The van der Waals surface area contributed by atoms with Gasteiger partial charge in [-0.2, -0.15) is 0 Å². The summed E-state index contributed by atoms with van der Waals surface area (Å²) >= 11 is 0. The number of rotatable bonds is 9. The molecular formula is C53H43N7O6. The Morgan fingerprint density at radius 1 is 0.515 bits per heavy atom. The first kappa shape index (κ1) is 41.1. The van der Waals surface area contributed by atoms with Gasteiger partial charge in [-0.25, -0.2) is 14.6 Å². The van der Waals surface area contributed by atoms with Crippen molar-refractivity contribution in [3.05, 3.63) is 174 Å². The van der Waals surface area contributed by atoms with E-state index in [-0.39, 0.29) is 6.61 Å². The molecule has 7 heterocycles. The summed E-state index contributed by atoms with van der Waals surface area (Å²) in [6.07, 6.45) is 3.10. The van der Waals surface area contributed by atoms with Crippen LogP contribution in [0.4, 0.5) is 0 Å². The Hall–Kier alpha value is -7.62. The Balaban J connectivity index is 1.06. The molecule has 13 nitrogen and oxygen atoms in total. The SMILES string of the molecule is OC[C@H]1OC(OCc2cn(-c3ccc(-c4c5nc(c(-c6ccccc6)c6ccc([nH]6)c(-c6ccccc6)c6nc(c(-c7ccccc7)c7ccc4[nH]7)C=C6)C=C5)cc3)nn2)[C@@H](O)[C@@H](O)[C@@H]1O. The molecule has 5 atom stereocenters. The minimum absolute atomic E-state index is 0.110. The van der Waals surface area contributed by atoms with Crippen molar-refractivity contribution in [2.24, 2.45) is 0 Å². The van der Waals surface area contributed by atoms with Crippen LogP contribution in [0.3, 0.4) is 0 Å². The van der Waals surface area contributed by atoms with Crippen LogP contribution in [0.2, 0.25) is 0 Å². The van der Waals surface area contributed by atoms with Gasteiger partial charge in [-0.3, -0.25) is 0 Å². The molecule has 8 bridgehead atoms. The highest BCUT2D eigenvalue weighted by Gasteiger charge is 2.44. The molecule has 8 aromatic rings. The predicted octanol–water partition coefficient (Wildman–Crippen LogP) is 8.22. The van der Waals surface area contributed by atoms with Crippen LogP contribution in [0.15, 0.2) is 146 Å². The number of aliphatic hydroxyl groups is 4. The van der Waals surface area contributed by atoms with E-state index in [0.29, 0.717) is 5.69 Å². The molecule has 6 N–H and O–H groups in total. The zero-order valence-corrected chi connectivity index (χ0v) is 35.3. The summed E-state index contributed by atoms with van der Waals surface area (Å²) in [4.78, 5) is 18.4. The van der Waals surface area contributed by atoms with Crippen LogP contribution >= 0.6 is 0 Å². The summed E-state index contributed by atoms with van der Waals surface area (Å²) < 4.78 is 12.8. The lowest BCUT2D eigenvalue weighted by molar-refractivity contribution is -0.304. The van der Waals surface area contributed by atoms with Crippen LogP contribution in [-0.4, -0.2) is 92.7 Å². The lowest BCUT2D eigenvalue weighted by atomic mass is 9.99. The summed E-state index contributed by atoms with van der Waals surface area (Å²) in [7, 11) is 0. The molecule has 4 aromatic carbocycles. The number of ether oxygens (including phenoxy) is 2. The van der Waals surface area contributed by atoms with Gasteiger partial charge < -0.3 is 39.9 Å². The normalized spacial score (nSPS) is 19.1. The van der Waals surface area contributed by atoms with Crippen molar-refractivity contribution >= 4 is 46.4 Å². The Morgan fingerprint density at radius 2 is 0.939 bits per heavy atom. The molecule has 0 saturated carbocycles. The zero-order chi connectivity index (χ0) is 44.7. The third-order valence-corrected chi connectivity index (χ3v) is 12.1. The summed E-state index contributed by atoms with van der Waals surface area (Å²) in [6.45, 7) is -0.665. The van der Waals surface area contributed by atoms with Crippen molar-refractivity contribution in [1.82, 2.24) is 34.9 Å². The van der Waals surface area contributed by atoms with Crippen LogP contribution in [0.25, 0.3) is 96.6 Å².